The van der Waals surface area contributed by atoms with Crippen molar-refractivity contribution >= 4 is 70.4 Å². The van der Waals surface area contributed by atoms with Crippen LogP contribution in [0.25, 0.3) is 0 Å². The van der Waals surface area contributed by atoms with Crippen molar-refractivity contribution in [3.63, 3.8) is 0 Å². The zero-order chi connectivity index (χ0) is 46.7. The van der Waals surface area contributed by atoms with Gasteiger partial charge in [-0.2, -0.15) is 0 Å². The molecule has 6 aliphatic rings. The monoisotopic (exact) mass is 1030 g/mol. The SMILES string of the molecule is Cc1n(Cc2cccc(CC[Si]34O[Si]5(CC(C)C)O[Si]6(CC(C)C)O[Si](CC(C)C)(O3)O[Si]3(CC(C)C)O[Si](CC(C)C)(O4)O[Si](CC(C)C)(O5)O[Si](CC(C)C)(O6)O3)c2)cc[n+]1C. The summed E-state index contributed by atoms with van der Waals surface area (Å²) in [6, 6.07) is 12.6. The fourth-order valence-electron chi connectivity index (χ4n) is 10.0. The van der Waals surface area contributed by atoms with Gasteiger partial charge in [0.15, 0.2) is 0 Å². The molecule has 0 saturated carbocycles. The standard InChI is InChI=1S/C42H81N2O12Si8/c1-33(2)26-58-45-57(23-20-41-18-17-19-42(24-41)25-44-22-21-43(16)40(44)15)46-59(27-34(3)4)50-61(48-58,29-36(7)8)54-64(32-39(13)14)55-62(49-58,30-37(9)10)51-60(47-57,28-35(5)6)53-63(52-59,56-64)31-38(11)12/h17-19,21-22,24,33-39H,20,23,25-32H2,1-16H3/q+1. The molecular weight excluding hydrogens is 949 g/mol. The maximum atomic E-state index is 7.99. The van der Waals surface area contributed by atoms with Gasteiger partial charge in [-0.3, -0.25) is 0 Å². The first-order chi connectivity index (χ1) is 29.7. The van der Waals surface area contributed by atoms with E-state index in [1.165, 1.54) is 11.4 Å². The number of nitrogens with zero attached hydrogens (tertiary/aromatic N) is 2. The average Bonchev–Trinajstić information content (AvgIpc) is 3.37. The molecule has 6 saturated heterocycles. The minimum atomic E-state index is -4.08. The van der Waals surface area contributed by atoms with Crippen molar-refractivity contribution in [2.24, 2.45) is 48.5 Å². The Hall–Kier alpha value is -0.315. The summed E-state index contributed by atoms with van der Waals surface area (Å²) in [7, 11) is -29.8. The van der Waals surface area contributed by atoms with Gasteiger partial charge in [0.25, 0.3) is 5.82 Å². The highest BCUT2D eigenvalue weighted by Gasteiger charge is 2.83. The van der Waals surface area contributed by atoms with E-state index in [1.54, 1.807) is 0 Å². The van der Waals surface area contributed by atoms with E-state index in [0.29, 0.717) is 54.8 Å². The molecule has 0 aliphatic carbocycles. The van der Waals surface area contributed by atoms with Crippen LogP contribution in [0.4, 0.5) is 0 Å². The van der Waals surface area contributed by atoms with Gasteiger partial charge in [0.2, 0.25) is 0 Å². The second-order valence-corrected chi connectivity index (χ2v) is 46.4. The molecular formula is C42H81N2O12Si8+. The van der Waals surface area contributed by atoms with Crippen LogP contribution in [-0.4, -0.2) is 75.0 Å². The maximum absolute atomic E-state index is 7.99. The Morgan fingerprint density at radius 1 is 0.438 bits per heavy atom. The molecule has 0 atom stereocenters. The summed E-state index contributed by atoms with van der Waals surface area (Å²) in [5.41, 5.74) is 2.36. The van der Waals surface area contributed by atoms with E-state index in [0.717, 1.165) is 12.1 Å². The van der Waals surface area contributed by atoms with Crippen molar-refractivity contribution in [2.45, 2.75) is 165 Å². The fraction of sp³-hybridized carbons (Fsp3) is 0.786. The topological polar surface area (TPSA) is 120 Å². The number of hydrogen-bond acceptors (Lipinski definition) is 12. The van der Waals surface area contributed by atoms with Crippen molar-refractivity contribution in [1.82, 2.24) is 4.57 Å². The summed E-state index contributed by atoms with van der Waals surface area (Å²) >= 11 is 0. The third-order valence-corrected chi connectivity index (χ3v) is 51.7. The van der Waals surface area contributed by atoms with Crippen molar-refractivity contribution in [3.8, 4) is 0 Å². The van der Waals surface area contributed by atoms with E-state index in [1.807, 2.05) is 0 Å². The number of rotatable bonds is 19. The summed E-state index contributed by atoms with van der Waals surface area (Å²) in [6.07, 6.45) is 4.83. The van der Waals surface area contributed by atoms with Crippen LogP contribution in [0.5, 0.6) is 0 Å². The minimum Gasteiger partial charge on any atom is -0.373 e. The van der Waals surface area contributed by atoms with Crippen LogP contribution >= 0.6 is 0 Å². The molecule has 1 aromatic carbocycles. The minimum absolute atomic E-state index is 0.104. The first-order valence-electron chi connectivity index (χ1n) is 24.3. The fourth-order valence-corrected chi connectivity index (χ4v) is 61.6. The van der Waals surface area contributed by atoms with Gasteiger partial charge in [-0.1, -0.05) is 121 Å². The highest BCUT2D eigenvalue weighted by molar-refractivity contribution is 7.03. The van der Waals surface area contributed by atoms with E-state index >= 15 is 0 Å². The lowest BCUT2D eigenvalue weighted by molar-refractivity contribution is -0.677. The molecule has 6 aliphatic heterocycles. The third kappa shape index (κ3) is 11.6. The van der Waals surface area contributed by atoms with E-state index in [2.05, 4.69) is 157 Å². The number of aromatic nitrogens is 2. The van der Waals surface area contributed by atoms with Crippen LogP contribution in [0.15, 0.2) is 36.7 Å². The van der Waals surface area contributed by atoms with Crippen molar-refractivity contribution < 1.29 is 53.9 Å². The molecule has 0 N–H and O–H groups in total. The Morgan fingerprint density at radius 3 is 0.984 bits per heavy atom. The molecule has 0 radical (unpaired) electrons. The number of benzene rings is 1. The van der Waals surface area contributed by atoms with Crippen molar-refractivity contribution in [3.05, 3.63) is 53.6 Å². The Bertz CT molecular complexity index is 1790. The molecule has 0 spiro atoms. The predicted octanol–water partition coefficient (Wildman–Crippen LogP) is 9.58. The summed E-state index contributed by atoms with van der Waals surface area (Å²) in [6.45, 7) is 33.5. The first kappa shape index (κ1) is 51.5. The second-order valence-electron chi connectivity index (χ2n) is 22.3. The molecule has 64 heavy (non-hydrogen) atoms. The molecule has 22 heteroatoms. The largest absolute Gasteiger partial charge is 0.479 e. The maximum Gasteiger partial charge on any atom is 0.479 e. The molecule has 0 amide bonds. The van der Waals surface area contributed by atoms with Crippen LogP contribution in [0.1, 0.15) is 114 Å². The number of hydrogen-bond donors (Lipinski definition) is 0. The zero-order valence-corrected chi connectivity index (χ0v) is 49.9. The lowest BCUT2D eigenvalue weighted by Crippen LogP contribution is -2.88. The highest BCUT2D eigenvalue weighted by Crippen LogP contribution is 2.56. The van der Waals surface area contributed by atoms with Gasteiger partial charge in [0.05, 0.1) is 7.05 Å². The summed E-state index contributed by atoms with van der Waals surface area (Å²) in [4.78, 5) is 0. The van der Waals surface area contributed by atoms with Gasteiger partial charge in [-0.05, 0) is 59.0 Å². The quantitative estimate of drug-likeness (QED) is 0.0985. The molecule has 2 aromatic rings. The molecule has 1 aromatic heterocycles. The Labute approximate surface area is 394 Å². The lowest BCUT2D eigenvalue weighted by atomic mass is 10.1. The molecule has 8 bridgehead atoms. The Kier molecular flexibility index (Phi) is 15.4. The number of imidazole rings is 1. The van der Waals surface area contributed by atoms with Crippen LogP contribution in [0.2, 0.25) is 48.4 Å². The van der Waals surface area contributed by atoms with Crippen LogP contribution in [0.3, 0.4) is 0 Å². The van der Waals surface area contributed by atoms with Crippen LogP contribution in [-0.2, 0) is 69.4 Å². The van der Waals surface area contributed by atoms with Crippen molar-refractivity contribution in [2.75, 3.05) is 0 Å². The van der Waals surface area contributed by atoms with Gasteiger partial charge < -0.3 is 49.4 Å². The Morgan fingerprint density at radius 2 is 0.719 bits per heavy atom. The molecule has 6 fully saturated rings. The van der Waals surface area contributed by atoms with Gasteiger partial charge in [-0.25, -0.2) is 9.13 Å². The van der Waals surface area contributed by atoms with E-state index in [9.17, 15) is 0 Å². The van der Waals surface area contributed by atoms with Gasteiger partial charge in [-0.15, -0.1) is 0 Å². The van der Waals surface area contributed by atoms with Crippen LogP contribution in [0, 0.1) is 48.3 Å². The van der Waals surface area contributed by atoms with Crippen molar-refractivity contribution in [1.29, 1.82) is 0 Å². The molecule has 0 unspecified atom stereocenters. The molecule has 8 rings (SSSR count). The summed E-state index contributed by atoms with van der Waals surface area (Å²) in [5, 5.41) is 0. The second kappa shape index (κ2) is 19.1. The third-order valence-electron chi connectivity index (χ3n) is 11.8. The van der Waals surface area contributed by atoms with Crippen LogP contribution < -0.4 is 4.57 Å². The zero-order valence-electron chi connectivity index (χ0n) is 41.9. The molecule has 14 nitrogen and oxygen atoms in total. The summed E-state index contributed by atoms with van der Waals surface area (Å²) in [5.74, 6) is 1.97. The highest BCUT2D eigenvalue weighted by atomic mass is 28.6. The van der Waals surface area contributed by atoms with Gasteiger partial charge >= 0.3 is 70.4 Å². The Balaban J connectivity index is 1.50. The first-order valence-corrected chi connectivity index (χ1v) is 39.7. The smallest absolute Gasteiger partial charge is 0.373 e. The van der Waals surface area contributed by atoms with E-state index in [4.69, 9.17) is 49.4 Å². The molecule has 362 valence electrons. The van der Waals surface area contributed by atoms with E-state index in [-0.39, 0.29) is 41.4 Å². The average molecular weight is 1030 g/mol. The number of aryl methyl sites for hydroxylation is 2. The summed E-state index contributed by atoms with van der Waals surface area (Å²) < 4.78 is 99.4. The molecule has 7 heterocycles. The predicted molar refractivity (Wildman–Crippen MR) is 261 cm³/mol. The van der Waals surface area contributed by atoms with Gasteiger partial charge in [0.1, 0.15) is 18.9 Å². The van der Waals surface area contributed by atoms with Gasteiger partial charge in [0, 0.05) is 55.3 Å². The van der Waals surface area contributed by atoms with E-state index < -0.39 is 70.4 Å². The normalized spacial score (nSPS) is 36.2. The lowest BCUT2D eigenvalue weighted by Gasteiger charge is -2.64.